The minimum absolute atomic E-state index is 0.208. The average Bonchev–Trinajstić information content (AvgIpc) is 2.31. The highest BCUT2D eigenvalue weighted by Crippen LogP contribution is 2.25. The molecule has 0 aliphatic rings. The smallest absolute Gasteiger partial charge is 0.130 e. The molecule has 0 bridgehead atoms. The van der Waals surface area contributed by atoms with Gasteiger partial charge in [-0.05, 0) is 17.9 Å². The Labute approximate surface area is 121 Å². The Morgan fingerprint density at radius 1 is 1.05 bits per heavy atom. The predicted octanol–water partition coefficient (Wildman–Crippen LogP) is 3.58. The molecule has 1 aromatic carbocycles. The Morgan fingerprint density at radius 2 is 1.60 bits per heavy atom. The van der Waals surface area contributed by atoms with Crippen LogP contribution in [0.3, 0.4) is 0 Å². The van der Waals surface area contributed by atoms with E-state index in [0.29, 0.717) is 23.9 Å². The third-order valence-electron chi connectivity index (χ3n) is 3.18. The van der Waals surface area contributed by atoms with E-state index >= 15 is 0 Å². The van der Waals surface area contributed by atoms with Gasteiger partial charge in [0.15, 0.2) is 0 Å². The molecule has 1 atom stereocenters. The van der Waals surface area contributed by atoms with Crippen molar-refractivity contribution in [3.8, 4) is 0 Å². The van der Waals surface area contributed by atoms with Crippen LogP contribution in [0.25, 0.3) is 0 Å². The third-order valence-corrected chi connectivity index (χ3v) is 3.18. The van der Waals surface area contributed by atoms with Crippen LogP contribution in [0.15, 0.2) is 18.2 Å². The first-order valence-corrected chi connectivity index (χ1v) is 7.24. The van der Waals surface area contributed by atoms with Crippen molar-refractivity contribution in [2.75, 3.05) is 19.6 Å². The zero-order valence-electron chi connectivity index (χ0n) is 12.9. The van der Waals surface area contributed by atoms with Crippen molar-refractivity contribution in [3.05, 3.63) is 35.4 Å². The van der Waals surface area contributed by atoms with Crippen LogP contribution in [0.1, 0.15) is 39.3 Å². The van der Waals surface area contributed by atoms with Crippen molar-refractivity contribution >= 4 is 0 Å². The highest BCUT2D eigenvalue weighted by Gasteiger charge is 2.23. The Bertz CT molecular complexity index is 409. The normalized spacial score (nSPS) is 13.5. The first kappa shape index (κ1) is 17.1. The van der Waals surface area contributed by atoms with Gasteiger partial charge in [0, 0.05) is 37.3 Å². The molecule has 1 rings (SSSR count). The van der Waals surface area contributed by atoms with Crippen molar-refractivity contribution in [2.24, 2.45) is 17.6 Å². The van der Waals surface area contributed by atoms with Crippen molar-refractivity contribution in [1.82, 2.24) is 4.90 Å². The van der Waals surface area contributed by atoms with Crippen molar-refractivity contribution in [3.63, 3.8) is 0 Å². The molecule has 1 unspecified atom stereocenters. The molecule has 20 heavy (non-hydrogen) atoms. The lowest BCUT2D eigenvalue weighted by Gasteiger charge is -2.34. The molecule has 0 aliphatic carbocycles. The Balaban J connectivity index is 3.04. The number of halogens is 2. The van der Waals surface area contributed by atoms with Gasteiger partial charge in [0.25, 0.3) is 0 Å². The van der Waals surface area contributed by atoms with Crippen molar-refractivity contribution < 1.29 is 8.78 Å². The summed E-state index contributed by atoms with van der Waals surface area (Å²) in [4.78, 5) is 2.20. The van der Waals surface area contributed by atoms with E-state index in [4.69, 9.17) is 5.73 Å². The predicted molar refractivity (Wildman–Crippen MR) is 79.4 cm³/mol. The van der Waals surface area contributed by atoms with Crippen LogP contribution in [-0.4, -0.2) is 24.5 Å². The summed E-state index contributed by atoms with van der Waals surface area (Å²) in [6.07, 6.45) is 0. The Kier molecular flexibility index (Phi) is 6.56. The van der Waals surface area contributed by atoms with Gasteiger partial charge in [-0.15, -0.1) is 0 Å². The van der Waals surface area contributed by atoms with E-state index in [1.165, 1.54) is 12.1 Å². The number of benzene rings is 1. The Hall–Kier alpha value is -1.00. The summed E-state index contributed by atoms with van der Waals surface area (Å²) in [5.41, 5.74) is 6.34. The first-order valence-electron chi connectivity index (χ1n) is 7.24. The quantitative estimate of drug-likeness (QED) is 0.829. The summed E-state index contributed by atoms with van der Waals surface area (Å²) >= 11 is 0. The maximum Gasteiger partial charge on any atom is 0.130 e. The molecule has 0 spiro atoms. The molecule has 0 aromatic heterocycles. The van der Waals surface area contributed by atoms with Crippen LogP contribution in [0.5, 0.6) is 0 Å². The number of hydrogen-bond donors (Lipinski definition) is 1. The minimum atomic E-state index is -0.554. The Morgan fingerprint density at radius 3 is 2.00 bits per heavy atom. The second-order valence-corrected chi connectivity index (χ2v) is 6.16. The van der Waals surface area contributed by atoms with Gasteiger partial charge in [-0.25, -0.2) is 8.78 Å². The second-order valence-electron chi connectivity index (χ2n) is 6.16. The molecule has 0 saturated heterocycles. The molecule has 4 heteroatoms. The first-order chi connectivity index (χ1) is 9.35. The topological polar surface area (TPSA) is 29.3 Å². The lowest BCUT2D eigenvalue weighted by Crippen LogP contribution is -2.39. The zero-order chi connectivity index (χ0) is 15.3. The van der Waals surface area contributed by atoms with Crippen LogP contribution >= 0.6 is 0 Å². The molecule has 2 N–H and O–H groups in total. The maximum atomic E-state index is 14.0. The fourth-order valence-corrected chi connectivity index (χ4v) is 2.51. The van der Waals surface area contributed by atoms with Gasteiger partial charge in [0.2, 0.25) is 0 Å². The molecule has 0 heterocycles. The molecule has 2 nitrogen and oxygen atoms in total. The maximum absolute atomic E-state index is 14.0. The van der Waals surface area contributed by atoms with Gasteiger partial charge >= 0.3 is 0 Å². The lowest BCUT2D eigenvalue weighted by molar-refractivity contribution is 0.157. The zero-order valence-corrected chi connectivity index (χ0v) is 12.9. The van der Waals surface area contributed by atoms with E-state index < -0.39 is 11.6 Å². The molecule has 0 radical (unpaired) electrons. The monoisotopic (exact) mass is 284 g/mol. The summed E-state index contributed by atoms with van der Waals surface area (Å²) in [6, 6.07) is 3.53. The van der Waals surface area contributed by atoms with Crippen molar-refractivity contribution in [1.29, 1.82) is 0 Å². The number of nitrogens with zero attached hydrogens (tertiary/aromatic N) is 1. The van der Waals surface area contributed by atoms with Crippen molar-refractivity contribution in [2.45, 2.75) is 33.7 Å². The molecule has 1 aromatic rings. The summed E-state index contributed by atoms with van der Waals surface area (Å²) in [5, 5.41) is 0. The molecule has 114 valence electrons. The fraction of sp³-hybridized carbons (Fsp3) is 0.625. The van der Waals surface area contributed by atoms with Gasteiger partial charge < -0.3 is 5.73 Å². The summed E-state index contributed by atoms with van der Waals surface area (Å²) in [6.45, 7) is 10.5. The van der Waals surface area contributed by atoms with Gasteiger partial charge in [-0.1, -0.05) is 33.8 Å². The largest absolute Gasteiger partial charge is 0.329 e. The van der Waals surface area contributed by atoms with Gasteiger partial charge in [0.05, 0.1) is 0 Å². The third kappa shape index (κ3) is 4.84. The fourth-order valence-electron chi connectivity index (χ4n) is 2.51. The van der Waals surface area contributed by atoms with Crippen LogP contribution < -0.4 is 5.73 Å². The molecular weight excluding hydrogens is 258 g/mol. The molecular formula is C16H26F2N2. The summed E-state index contributed by atoms with van der Waals surface area (Å²) in [7, 11) is 0. The van der Waals surface area contributed by atoms with Gasteiger partial charge in [-0.2, -0.15) is 0 Å². The highest BCUT2D eigenvalue weighted by molar-refractivity contribution is 5.22. The van der Waals surface area contributed by atoms with Gasteiger partial charge in [0.1, 0.15) is 11.6 Å². The van der Waals surface area contributed by atoms with Gasteiger partial charge in [-0.3, -0.25) is 4.90 Å². The minimum Gasteiger partial charge on any atom is -0.329 e. The number of nitrogens with two attached hydrogens (primary N) is 1. The summed E-state index contributed by atoms with van der Waals surface area (Å²) in [5.74, 6) is -0.142. The molecule has 0 amide bonds. The van der Waals surface area contributed by atoms with E-state index in [2.05, 4.69) is 32.6 Å². The van der Waals surface area contributed by atoms with E-state index in [9.17, 15) is 8.78 Å². The molecule has 0 aliphatic heterocycles. The van der Waals surface area contributed by atoms with Crippen LogP contribution in [-0.2, 0) is 0 Å². The van der Waals surface area contributed by atoms with E-state index in [1.807, 2.05) is 0 Å². The second kappa shape index (κ2) is 7.70. The number of rotatable bonds is 7. The van der Waals surface area contributed by atoms with E-state index in [1.54, 1.807) is 0 Å². The van der Waals surface area contributed by atoms with E-state index in [-0.39, 0.29) is 6.04 Å². The molecule has 0 fully saturated rings. The summed E-state index contributed by atoms with van der Waals surface area (Å²) < 4.78 is 27.1. The standard InChI is InChI=1S/C16H26F2N2/c1-11(2)9-20(10-12(3)4)16(8-19)14-6-5-13(17)7-15(14)18/h5-7,11-12,16H,8-10,19H2,1-4H3. The highest BCUT2D eigenvalue weighted by atomic mass is 19.1. The van der Waals surface area contributed by atoms with Crippen LogP contribution in [0, 0.1) is 23.5 Å². The SMILES string of the molecule is CC(C)CN(CC(C)C)C(CN)c1ccc(F)cc1F. The van der Waals surface area contributed by atoms with E-state index in [0.717, 1.165) is 19.2 Å². The average molecular weight is 284 g/mol. The lowest BCUT2D eigenvalue weighted by atomic mass is 10.0. The van der Waals surface area contributed by atoms with Crippen LogP contribution in [0.2, 0.25) is 0 Å². The number of hydrogen-bond acceptors (Lipinski definition) is 2. The molecule has 0 saturated carbocycles. The van der Waals surface area contributed by atoms with Crippen LogP contribution in [0.4, 0.5) is 8.78 Å².